The molecule has 3 rings (SSSR count). The van der Waals surface area contributed by atoms with E-state index in [1.54, 1.807) is 36.2 Å². The number of hydrogen-bond donors (Lipinski definition) is 1. The number of anilines is 1. The molecule has 0 aliphatic carbocycles. The zero-order chi connectivity index (χ0) is 19.4. The highest BCUT2D eigenvalue weighted by Gasteiger charge is 2.38. The van der Waals surface area contributed by atoms with E-state index in [-0.39, 0.29) is 23.8 Å². The van der Waals surface area contributed by atoms with E-state index in [9.17, 15) is 14.4 Å². The summed E-state index contributed by atoms with van der Waals surface area (Å²) in [4.78, 5) is 38.3. The highest BCUT2D eigenvalue weighted by molar-refractivity contribution is 5.95. The van der Waals surface area contributed by atoms with E-state index in [1.165, 1.54) is 7.11 Å². The van der Waals surface area contributed by atoms with Crippen LogP contribution in [0.15, 0.2) is 54.6 Å². The maximum Gasteiger partial charge on any atom is 0.337 e. The summed E-state index contributed by atoms with van der Waals surface area (Å²) >= 11 is 0. The van der Waals surface area contributed by atoms with Crippen LogP contribution in [0.5, 0.6) is 0 Å². The van der Waals surface area contributed by atoms with Crippen LogP contribution in [0, 0.1) is 5.92 Å². The first-order chi connectivity index (χ1) is 13.0. The monoisotopic (exact) mass is 366 g/mol. The third kappa shape index (κ3) is 4.00. The van der Waals surface area contributed by atoms with Crippen molar-refractivity contribution in [2.24, 2.45) is 5.92 Å². The fourth-order valence-electron chi connectivity index (χ4n) is 3.46. The number of likely N-dealkylation sites (tertiary alicyclic amines) is 1. The number of nitrogens with zero attached hydrogens (tertiary/aromatic N) is 1. The molecule has 2 aromatic carbocycles. The Morgan fingerprint density at radius 3 is 2.37 bits per heavy atom. The third-order valence-electron chi connectivity index (χ3n) is 4.91. The quantitative estimate of drug-likeness (QED) is 0.844. The average Bonchev–Trinajstić information content (AvgIpc) is 2.70. The van der Waals surface area contributed by atoms with Gasteiger partial charge in [0.2, 0.25) is 11.8 Å². The van der Waals surface area contributed by atoms with Crippen LogP contribution in [0.25, 0.3) is 0 Å². The molecule has 1 aliphatic heterocycles. The molecule has 0 saturated carbocycles. The van der Waals surface area contributed by atoms with Gasteiger partial charge in [-0.15, -0.1) is 0 Å². The van der Waals surface area contributed by atoms with Crippen LogP contribution in [0.3, 0.4) is 0 Å². The number of nitrogens with one attached hydrogen (secondary N) is 1. The van der Waals surface area contributed by atoms with Crippen molar-refractivity contribution in [1.29, 1.82) is 0 Å². The smallest absolute Gasteiger partial charge is 0.337 e. The van der Waals surface area contributed by atoms with Crippen LogP contribution in [0.1, 0.15) is 34.8 Å². The van der Waals surface area contributed by atoms with Crippen LogP contribution in [-0.4, -0.2) is 36.8 Å². The lowest BCUT2D eigenvalue weighted by atomic mass is 9.84. The fraction of sp³-hybridized carbons (Fsp3) is 0.286. The Bertz CT molecular complexity index is 833. The molecule has 2 amide bonds. The Balaban J connectivity index is 1.79. The number of esters is 1. The van der Waals surface area contributed by atoms with Gasteiger partial charge in [-0.3, -0.25) is 9.59 Å². The summed E-state index contributed by atoms with van der Waals surface area (Å²) in [5.74, 6) is -0.885. The van der Waals surface area contributed by atoms with Gasteiger partial charge < -0.3 is 15.0 Å². The van der Waals surface area contributed by atoms with Gasteiger partial charge in [-0.25, -0.2) is 4.79 Å². The van der Waals surface area contributed by atoms with Gasteiger partial charge >= 0.3 is 5.97 Å². The lowest BCUT2D eigenvalue weighted by Crippen LogP contribution is -2.44. The minimum absolute atomic E-state index is 0.0373. The number of carbonyl (C=O) groups is 3. The van der Waals surface area contributed by atoms with Gasteiger partial charge in [-0.2, -0.15) is 0 Å². The van der Waals surface area contributed by atoms with Crippen molar-refractivity contribution in [3.8, 4) is 0 Å². The number of benzene rings is 2. The van der Waals surface area contributed by atoms with E-state index in [2.05, 4.69) is 10.1 Å². The van der Waals surface area contributed by atoms with Crippen molar-refractivity contribution in [2.75, 3.05) is 19.5 Å². The van der Waals surface area contributed by atoms with Crippen LogP contribution >= 0.6 is 0 Å². The Labute approximate surface area is 158 Å². The molecule has 2 atom stereocenters. The second-order valence-corrected chi connectivity index (χ2v) is 6.56. The van der Waals surface area contributed by atoms with Gasteiger partial charge in [-0.05, 0) is 36.2 Å². The number of rotatable bonds is 4. The summed E-state index contributed by atoms with van der Waals surface area (Å²) < 4.78 is 4.67. The van der Waals surface area contributed by atoms with Gasteiger partial charge in [0.25, 0.3) is 0 Å². The largest absolute Gasteiger partial charge is 0.465 e. The fourth-order valence-corrected chi connectivity index (χ4v) is 3.46. The molecule has 0 spiro atoms. The van der Waals surface area contributed by atoms with Crippen LogP contribution in [-0.2, 0) is 14.3 Å². The van der Waals surface area contributed by atoms with E-state index >= 15 is 0 Å². The van der Waals surface area contributed by atoms with Crippen molar-refractivity contribution in [3.63, 3.8) is 0 Å². The summed E-state index contributed by atoms with van der Waals surface area (Å²) in [6.45, 7) is 0. The SMILES string of the molecule is COC(=O)c1ccc(NC(=O)[C@H]2CCC(=O)N(C)[C@@H]2c2ccccc2)cc1. The molecule has 0 bridgehead atoms. The maximum absolute atomic E-state index is 12.9. The molecule has 6 heteroatoms. The molecule has 1 fully saturated rings. The summed E-state index contributed by atoms with van der Waals surface area (Å²) in [5, 5.41) is 2.90. The number of hydrogen-bond acceptors (Lipinski definition) is 4. The van der Waals surface area contributed by atoms with Crippen molar-refractivity contribution >= 4 is 23.5 Å². The molecule has 6 nitrogen and oxygen atoms in total. The Kier molecular flexibility index (Phi) is 5.54. The number of amides is 2. The van der Waals surface area contributed by atoms with Crippen LogP contribution < -0.4 is 5.32 Å². The highest BCUT2D eigenvalue weighted by Crippen LogP contribution is 2.36. The molecule has 0 radical (unpaired) electrons. The molecule has 2 aromatic rings. The summed E-state index contributed by atoms with van der Waals surface area (Å²) in [7, 11) is 3.06. The average molecular weight is 366 g/mol. The summed E-state index contributed by atoms with van der Waals surface area (Å²) in [6, 6.07) is 15.8. The minimum atomic E-state index is -0.426. The zero-order valence-electron chi connectivity index (χ0n) is 15.3. The second kappa shape index (κ2) is 8.03. The molecular weight excluding hydrogens is 344 g/mol. The molecule has 1 heterocycles. The summed E-state index contributed by atoms with van der Waals surface area (Å²) in [5.41, 5.74) is 1.95. The van der Waals surface area contributed by atoms with E-state index in [0.717, 1.165) is 5.56 Å². The normalized spacial score (nSPS) is 19.5. The standard InChI is InChI=1S/C21H22N2O4/c1-23-18(24)13-12-17(19(23)14-6-4-3-5-7-14)20(25)22-16-10-8-15(9-11-16)21(26)27-2/h3-11,17,19H,12-13H2,1-2H3,(H,22,25)/t17-,19+/m0/s1. The van der Waals surface area contributed by atoms with Gasteiger partial charge in [-0.1, -0.05) is 30.3 Å². The van der Waals surface area contributed by atoms with Crippen molar-refractivity contribution < 1.29 is 19.1 Å². The van der Waals surface area contributed by atoms with Crippen molar-refractivity contribution in [2.45, 2.75) is 18.9 Å². The third-order valence-corrected chi connectivity index (χ3v) is 4.91. The Morgan fingerprint density at radius 2 is 1.74 bits per heavy atom. The predicted octanol–water partition coefficient (Wildman–Crippen LogP) is 3.02. The van der Waals surface area contributed by atoms with E-state index in [4.69, 9.17) is 0 Å². The summed E-state index contributed by atoms with van der Waals surface area (Å²) in [6.07, 6.45) is 0.841. The first-order valence-corrected chi connectivity index (χ1v) is 8.81. The number of ether oxygens (including phenoxy) is 1. The Morgan fingerprint density at radius 1 is 1.07 bits per heavy atom. The second-order valence-electron chi connectivity index (χ2n) is 6.56. The molecule has 0 aromatic heterocycles. The lowest BCUT2D eigenvalue weighted by Gasteiger charge is -2.38. The molecular formula is C21H22N2O4. The zero-order valence-corrected chi connectivity index (χ0v) is 15.3. The van der Waals surface area contributed by atoms with Crippen LogP contribution in [0.4, 0.5) is 5.69 Å². The van der Waals surface area contributed by atoms with Gasteiger partial charge in [0.15, 0.2) is 0 Å². The lowest BCUT2D eigenvalue weighted by molar-refractivity contribution is -0.140. The molecule has 1 saturated heterocycles. The van der Waals surface area contributed by atoms with Crippen molar-refractivity contribution in [3.05, 3.63) is 65.7 Å². The Hall–Kier alpha value is -3.15. The number of methoxy groups -OCH3 is 1. The predicted molar refractivity (Wildman–Crippen MR) is 101 cm³/mol. The molecule has 1 aliphatic rings. The van der Waals surface area contributed by atoms with E-state index < -0.39 is 5.97 Å². The molecule has 0 unspecified atom stereocenters. The van der Waals surface area contributed by atoms with Gasteiger partial charge in [0.05, 0.1) is 24.6 Å². The number of carbonyl (C=O) groups excluding carboxylic acids is 3. The highest BCUT2D eigenvalue weighted by atomic mass is 16.5. The molecule has 140 valence electrons. The van der Waals surface area contributed by atoms with Gasteiger partial charge in [0.1, 0.15) is 0 Å². The first-order valence-electron chi connectivity index (χ1n) is 8.81. The van der Waals surface area contributed by atoms with Crippen molar-refractivity contribution in [1.82, 2.24) is 4.90 Å². The minimum Gasteiger partial charge on any atom is -0.465 e. The number of piperidine rings is 1. The van der Waals surface area contributed by atoms with E-state index in [1.807, 2.05) is 30.3 Å². The first kappa shape index (κ1) is 18.6. The van der Waals surface area contributed by atoms with Crippen LogP contribution in [0.2, 0.25) is 0 Å². The molecule has 1 N–H and O–H groups in total. The topological polar surface area (TPSA) is 75.7 Å². The molecule has 27 heavy (non-hydrogen) atoms. The van der Waals surface area contributed by atoms with Gasteiger partial charge in [0, 0.05) is 19.2 Å². The maximum atomic E-state index is 12.9. The van der Waals surface area contributed by atoms with E-state index in [0.29, 0.717) is 24.1 Å².